The molecule has 0 radical (unpaired) electrons. The van der Waals surface area contributed by atoms with Gasteiger partial charge in [0.2, 0.25) is 11.8 Å². The number of rotatable bonds is 5. The maximum absolute atomic E-state index is 13.2. The number of amides is 2. The molecule has 142 valence electrons. The van der Waals surface area contributed by atoms with Gasteiger partial charge < -0.3 is 10.2 Å². The summed E-state index contributed by atoms with van der Waals surface area (Å²) >= 11 is 0. The van der Waals surface area contributed by atoms with Crippen molar-refractivity contribution in [3.63, 3.8) is 0 Å². The molecule has 2 unspecified atom stereocenters. The summed E-state index contributed by atoms with van der Waals surface area (Å²) in [7, 11) is 0. The molecule has 0 aliphatic carbocycles. The average Bonchev–Trinajstić information content (AvgIpc) is 2.67. The molecule has 1 heterocycles. The largest absolute Gasteiger partial charge is 0.352 e. The summed E-state index contributed by atoms with van der Waals surface area (Å²) in [4.78, 5) is 27.0. The van der Waals surface area contributed by atoms with Gasteiger partial charge in [0.25, 0.3) is 0 Å². The molecule has 3 rings (SSSR count). The van der Waals surface area contributed by atoms with Crippen LogP contribution in [0.15, 0.2) is 48.5 Å². The van der Waals surface area contributed by atoms with E-state index in [1.54, 1.807) is 17.0 Å². The molecule has 1 fully saturated rings. The van der Waals surface area contributed by atoms with Crippen LogP contribution in [0.1, 0.15) is 42.9 Å². The van der Waals surface area contributed by atoms with Crippen LogP contribution in [0.4, 0.5) is 8.78 Å². The highest BCUT2D eigenvalue weighted by atomic mass is 19.1. The van der Waals surface area contributed by atoms with Crippen molar-refractivity contribution in [3.05, 3.63) is 71.3 Å². The number of hydrogen-bond donors (Lipinski definition) is 1. The molecule has 0 bridgehead atoms. The molecule has 27 heavy (non-hydrogen) atoms. The van der Waals surface area contributed by atoms with Crippen LogP contribution in [0.2, 0.25) is 0 Å². The minimum Gasteiger partial charge on any atom is -0.352 e. The lowest BCUT2D eigenvalue weighted by molar-refractivity contribution is -0.143. The van der Waals surface area contributed by atoms with Crippen LogP contribution in [0.5, 0.6) is 0 Å². The van der Waals surface area contributed by atoms with Crippen LogP contribution in [-0.4, -0.2) is 29.8 Å². The fourth-order valence-corrected chi connectivity index (χ4v) is 3.47. The number of benzene rings is 2. The highest BCUT2D eigenvalue weighted by Gasteiger charge is 2.35. The summed E-state index contributed by atoms with van der Waals surface area (Å²) in [5.74, 6) is -1.18. The van der Waals surface area contributed by atoms with E-state index in [1.165, 1.54) is 36.4 Å². The number of nitrogens with zero attached hydrogens (tertiary/aromatic N) is 1. The Morgan fingerprint density at radius 3 is 2.30 bits per heavy atom. The highest BCUT2D eigenvalue weighted by molar-refractivity contribution is 5.90. The molecule has 2 amide bonds. The van der Waals surface area contributed by atoms with Gasteiger partial charge >= 0.3 is 0 Å². The van der Waals surface area contributed by atoms with Crippen LogP contribution in [0.3, 0.4) is 0 Å². The van der Waals surface area contributed by atoms with E-state index in [1.807, 2.05) is 6.92 Å². The summed E-state index contributed by atoms with van der Waals surface area (Å²) in [6.45, 7) is 2.75. The molecule has 4 nitrogen and oxygen atoms in total. The van der Waals surface area contributed by atoms with Crippen LogP contribution in [-0.2, 0) is 9.59 Å². The van der Waals surface area contributed by atoms with E-state index in [-0.39, 0.29) is 30.0 Å². The molecule has 1 saturated heterocycles. The van der Waals surface area contributed by atoms with E-state index < -0.39 is 11.9 Å². The lowest BCUT2D eigenvalue weighted by Gasteiger charge is -2.36. The molecule has 1 aliphatic heterocycles. The quantitative estimate of drug-likeness (QED) is 0.873. The van der Waals surface area contributed by atoms with Gasteiger partial charge in [0.15, 0.2) is 0 Å². The summed E-state index contributed by atoms with van der Waals surface area (Å²) in [5.41, 5.74) is 1.48. The summed E-state index contributed by atoms with van der Waals surface area (Å²) in [5, 5.41) is 2.77. The second-order valence-electron chi connectivity index (χ2n) is 6.69. The first-order valence-corrected chi connectivity index (χ1v) is 9.07. The normalized spacial score (nSPS) is 18.1. The number of hydrogen-bond acceptors (Lipinski definition) is 2. The molecule has 2 aromatic rings. The van der Waals surface area contributed by atoms with Crippen LogP contribution in [0, 0.1) is 11.6 Å². The molecule has 2 aromatic carbocycles. The van der Waals surface area contributed by atoms with Crippen LogP contribution < -0.4 is 5.32 Å². The fourth-order valence-electron chi connectivity index (χ4n) is 3.47. The zero-order valence-corrected chi connectivity index (χ0v) is 15.1. The number of carbonyl (C=O) groups excluding carboxylic acids is 2. The van der Waals surface area contributed by atoms with E-state index in [2.05, 4.69) is 5.32 Å². The Hall–Kier alpha value is -2.76. The zero-order chi connectivity index (χ0) is 19.4. The van der Waals surface area contributed by atoms with E-state index in [4.69, 9.17) is 0 Å². The predicted octanol–water partition coefficient (Wildman–Crippen LogP) is 3.55. The van der Waals surface area contributed by atoms with Gasteiger partial charge in [-0.25, -0.2) is 8.78 Å². The van der Waals surface area contributed by atoms with E-state index in [9.17, 15) is 18.4 Å². The molecule has 2 atom stereocenters. The summed E-state index contributed by atoms with van der Waals surface area (Å²) in [6.07, 6.45) is 0.950. The van der Waals surface area contributed by atoms with Crippen LogP contribution in [0.25, 0.3) is 0 Å². The van der Waals surface area contributed by atoms with Crippen molar-refractivity contribution in [2.45, 2.75) is 31.7 Å². The zero-order valence-electron chi connectivity index (χ0n) is 15.1. The standard InChI is InChI=1S/C21H22F2N2O2/c1-2-14(15-3-7-17(22)8-4-15)13-19(26)25-12-11-24-21(27)20(25)16-5-9-18(23)10-6-16/h3-10,14,20H,2,11-13H2,1H3,(H,24,27). The Morgan fingerprint density at radius 2 is 1.70 bits per heavy atom. The Balaban J connectivity index is 1.80. The molecule has 6 heteroatoms. The molecule has 0 aromatic heterocycles. The van der Waals surface area contributed by atoms with Crippen molar-refractivity contribution in [2.75, 3.05) is 13.1 Å². The van der Waals surface area contributed by atoms with Crippen LogP contribution >= 0.6 is 0 Å². The lowest BCUT2D eigenvalue weighted by Crippen LogP contribution is -2.52. The molecular weight excluding hydrogens is 350 g/mol. The predicted molar refractivity (Wildman–Crippen MR) is 97.9 cm³/mol. The molecule has 1 N–H and O–H groups in total. The van der Waals surface area contributed by atoms with Gasteiger partial charge in [0, 0.05) is 19.5 Å². The Morgan fingerprint density at radius 1 is 1.11 bits per heavy atom. The van der Waals surface area contributed by atoms with Crippen molar-refractivity contribution < 1.29 is 18.4 Å². The van der Waals surface area contributed by atoms with Gasteiger partial charge in [0.1, 0.15) is 17.7 Å². The number of halogens is 2. The third-order valence-corrected chi connectivity index (χ3v) is 4.97. The van der Waals surface area contributed by atoms with Crippen molar-refractivity contribution in [1.29, 1.82) is 0 Å². The topological polar surface area (TPSA) is 49.4 Å². The second kappa shape index (κ2) is 8.29. The Bertz CT molecular complexity index is 806. The van der Waals surface area contributed by atoms with Gasteiger partial charge in [-0.2, -0.15) is 0 Å². The third-order valence-electron chi connectivity index (χ3n) is 4.97. The Labute approximate surface area is 157 Å². The third kappa shape index (κ3) is 4.32. The van der Waals surface area contributed by atoms with Crippen molar-refractivity contribution in [2.24, 2.45) is 0 Å². The minimum absolute atomic E-state index is 0.0584. The van der Waals surface area contributed by atoms with Gasteiger partial charge in [0.05, 0.1) is 0 Å². The summed E-state index contributed by atoms with van der Waals surface area (Å²) < 4.78 is 26.4. The maximum atomic E-state index is 13.2. The average molecular weight is 372 g/mol. The van der Waals surface area contributed by atoms with E-state index in [0.717, 1.165) is 12.0 Å². The van der Waals surface area contributed by atoms with Gasteiger partial charge in [-0.15, -0.1) is 0 Å². The van der Waals surface area contributed by atoms with E-state index >= 15 is 0 Å². The van der Waals surface area contributed by atoms with Crippen molar-refractivity contribution in [3.8, 4) is 0 Å². The van der Waals surface area contributed by atoms with Gasteiger partial charge in [-0.3, -0.25) is 9.59 Å². The lowest BCUT2D eigenvalue weighted by atomic mass is 9.91. The number of piperazine rings is 1. The van der Waals surface area contributed by atoms with Gasteiger partial charge in [-0.1, -0.05) is 31.2 Å². The fraction of sp³-hybridized carbons (Fsp3) is 0.333. The SMILES string of the molecule is CCC(CC(=O)N1CCNC(=O)C1c1ccc(F)cc1)c1ccc(F)cc1. The van der Waals surface area contributed by atoms with Crippen molar-refractivity contribution in [1.82, 2.24) is 10.2 Å². The highest BCUT2D eigenvalue weighted by Crippen LogP contribution is 2.29. The number of carbonyl (C=O) groups is 2. The Kier molecular flexibility index (Phi) is 5.84. The first-order valence-electron chi connectivity index (χ1n) is 9.07. The molecular formula is C21H22F2N2O2. The maximum Gasteiger partial charge on any atom is 0.247 e. The molecule has 0 spiro atoms. The first kappa shape index (κ1) is 19.0. The van der Waals surface area contributed by atoms with Gasteiger partial charge in [-0.05, 0) is 47.7 Å². The second-order valence-corrected chi connectivity index (χ2v) is 6.69. The monoisotopic (exact) mass is 372 g/mol. The van der Waals surface area contributed by atoms with E-state index in [0.29, 0.717) is 18.7 Å². The number of nitrogens with one attached hydrogen (secondary N) is 1. The first-order chi connectivity index (χ1) is 13.0. The minimum atomic E-state index is -0.766. The summed E-state index contributed by atoms with van der Waals surface area (Å²) in [6, 6.07) is 11.0. The molecule has 0 saturated carbocycles. The smallest absolute Gasteiger partial charge is 0.247 e. The molecule has 1 aliphatic rings. The van der Waals surface area contributed by atoms with Crippen molar-refractivity contribution >= 4 is 11.8 Å².